The number of rotatable bonds is 5. The highest BCUT2D eigenvalue weighted by atomic mass is 16.5. The molecule has 0 saturated carbocycles. The number of likely N-dealkylation sites (tertiary alicyclic amines) is 1. The van der Waals surface area contributed by atoms with Crippen LogP contribution in [0.1, 0.15) is 44.2 Å². The molecule has 0 aliphatic carbocycles. The maximum absolute atomic E-state index is 11.9. The lowest BCUT2D eigenvalue weighted by Crippen LogP contribution is -2.38. The number of piperidine rings is 1. The van der Waals surface area contributed by atoms with Crippen molar-refractivity contribution in [2.24, 2.45) is 5.92 Å². The number of carbonyl (C=O) groups excluding carboxylic acids is 1. The maximum atomic E-state index is 11.9. The van der Waals surface area contributed by atoms with Crippen molar-refractivity contribution in [1.29, 1.82) is 0 Å². The fourth-order valence-electron chi connectivity index (χ4n) is 3.24. The summed E-state index contributed by atoms with van der Waals surface area (Å²) in [6.07, 6.45) is 1.62. The van der Waals surface area contributed by atoms with Crippen molar-refractivity contribution in [2.45, 2.75) is 39.7 Å². The average Bonchev–Trinajstić information content (AvgIpc) is 3.11. The molecule has 134 valence electrons. The second-order valence-electron chi connectivity index (χ2n) is 6.55. The van der Waals surface area contributed by atoms with Gasteiger partial charge in [0, 0.05) is 5.56 Å². The zero-order valence-corrected chi connectivity index (χ0v) is 15.1. The maximum Gasteiger partial charge on any atom is 0.309 e. The number of esters is 1. The first-order chi connectivity index (χ1) is 12.1. The van der Waals surface area contributed by atoms with Crippen molar-refractivity contribution in [2.75, 3.05) is 19.7 Å². The van der Waals surface area contributed by atoms with Gasteiger partial charge in [-0.15, -0.1) is 10.2 Å². The summed E-state index contributed by atoms with van der Waals surface area (Å²) in [7, 11) is 0. The zero-order valence-electron chi connectivity index (χ0n) is 15.1. The molecule has 0 unspecified atom stereocenters. The van der Waals surface area contributed by atoms with Crippen LogP contribution in [0.5, 0.6) is 0 Å². The smallest absolute Gasteiger partial charge is 0.309 e. The lowest BCUT2D eigenvalue weighted by Gasteiger charge is -2.33. The Bertz CT molecular complexity index is 720. The highest BCUT2D eigenvalue weighted by Gasteiger charge is 2.30. The van der Waals surface area contributed by atoms with Gasteiger partial charge in [-0.1, -0.05) is 17.7 Å². The molecule has 0 radical (unpaired) electrons. The topological polar surface area (TPSA) is 68.5 Å². The minimum atomic E-state index is -0.0747. The van der Waals surface area contributed by atoms with Crippen LogP contribution in [-0.2, 0) is 9.53 Å². The Labute approximate surface area is 148 Å². The Balaban J connectivity index is 1.63. The van der Waals surface area contributed by atoms with Gasteiger partial charge in [0.1, 0.15) is 0 Å². The number of hydrogen-bond donors (Lipinski definition) is 0. The van der Waals surface area contributed by atoms with Crippen LogP contribution in [0.3, 0.4) is 0 Å². The van der Waals surface area contributed by atoms with E-state index in [0.29, 0.717) is 18.4 Å². The van der Waals surface area contributed by atoms with Crippen LogP contribution in [0.4, 0.5) is 0 Å². The van der Waals surface area contributed by atoms with E-state index in [0.717, 1.165) is 37.1 Å². The molecule has 3 rings (SSSR count). The van der Waals surface area contributed by atoms with E-state index in [1.54, 1.807) is 0 Å². The number of benzene rings is 1. The van der Waals surface area contributed by atoms with Gasteiger partial charge in [-0.3, -0.25) is 9.69 Å². The van der Waals surface area contributed by atoms with Crippen molar-refractivity contribution in [3.05, 3.63) is 35.7 Å². The summed E-state index contributed by atoms with van der Waals surface area (Å²) < 4.78 is 11.0. The van der Waals surface area contributed by atoms with Crippen molar-refractivity contribution in [3.8, 4) is 11.5 Å². The Kier molecular flexibility index (Phi) is 5.48. The van der Waals surface area contributed by atoms with Gasteiger partial charge in [0.15, 0.2) is 0 Å². The summed E-state index contributed by atoms with van der Waals surface area (Å²) in [4.78, 5) is 14.1. The zero-order chi connectivity index (χ0) is 17.8. The van der Waals surface area contributed by atoms with E-state index in [9.17, 15) is 4.79 Å². The van der Waals surface area contributed by atoms with Crippen molar-refractivity contribution < 1.29 is 13.9 Å². The van der Waals surface area contributed by atoms with Gasteiger partial charge in [0.05, 0.1) is 18.6 Å². The third-order valence-electron chi connectivity index (χ3n) is 4.76. The molecule has 1 aromatic heterocycles. The van der Waals surface area contributed by atoms with Crippen LogP contribution < -0.4 is 0 Å². The Morgan fingerprint density at radius 2 is 2.12 bits per heavy atom. The van der Waals surface area contributed by atoms with E-state index >= 15 is 0 Å². The van der Waals surface area contributed by atoms with E-state index in [-0.39, 0.29) is 17.9 Å². The molecule has 1 fully saturated rings. The molecule has 25 heavy (non-hydrogen) atoms. The SMILES string of the molecule is CCOC(=O)C1CCN([C@@H](C)c2nnc(-c3cccc(C)c3)o2)CC1. The molecule has 6 nitrogen and oxygen atoms in total. The Hall–Kier alpha value is -2.21. The molecule has 2 heterocycles. The van der Waals surface area contributed by atoms with Crippen LogP contribution >= 0.6 is 0 Å². The molecule has 0 bridgehead atoms. The third kappa shape index (κ3) is 4.07. The van der Waals surface area contributed by atoms with E-state index in [4.69, 9.17) is 9.15 Å². The summed E-state index contributed by atoms with van der Waals surface area (Å²) in [6.45, 7) is 8.05. The van der Waals surface area contributed by atoms with Gasteiger partial charge in [-0.05, 0) is 58.8 Å². The minimum Gasteiger partial charge on any atom is -0.466 e. The lowest BCUT2D eigenvalue weighted by atomic mass is 9.96. The fraction of sp³-hybridized carbons (Fsp3) is 0.526. The summed E-state index contributed by atoms with van der Waals surface area (Å²) in [5.74, 6) is 1.10. The van der Waals surface area contributed by atoms with Gasteiger partial charge >= 0.3 is 5.97 Å². The standard InChI is InChI=1S/C19H25N3O3/c1-4-24-19(23)15-8-10-22(11-9-15)14(3)17-20-21-18(25-17)16-7-5-6-13(2)12-16/h5-7,12,14-15H,4,8-11H2,1-3H3/t14-/m0/s1. The van der Waals surface area contributed by atoms with Gasteiger partial charge in [0.2, 0.25) is 11.8 Å². The number of ether oxygens (including phenoxy) is 1. The van der Waals surface area contributed by atoms with E-state index < -0.39 is 0 Å². The molecule has 0 spiro atoms. The van der Waals surface area contributed by atoms with Crippen molar-refractivity contribution in [1.82, 2.24) is 15.1 Å². The molecule has 6 heteroatoms. The number of aromatic nitrogens is 2. The predicted molar refractivity (Wildman–Crippen MR) is 93.8 cm³/mol. The van der Waals surface area contributed by atoms with E-state index in [1.165, 1.54) is 0 Å². The van der Waals surface area contributed by atoms with Crippen molar-refractivity contribution >= 4 is 5.97 Å². The molecule has 1 aliphatic heterocycles. The molecular formula is C19H25N3O3. The Morgan fingerprint density at radius 1 is 1.36 bits per heavy atom. The summed E-state index contributed by atoms with van der Waals surface area (Å²) in [6, 6.07) is 8.07. The molecule has 0 N–H and O–H groups in total. The molecule has 1 saturated heterocycles. The first kappa shape index (κ1) is 17.6. The highest BCUT2D eigenvalue weighted by molar-refractivity contribution is 5.72. The van der Waals surface area contributed by atoms with Crippen molar-refractivity contribution in [3.63, 3.8) is 0 Å². The first-order valence-electron chi connectivity index (χ1n) is 8.89. The predicted octanol–water partition coefficient (Wildman–Crippen LogP) is 3.38. The average molecular weight is 343 g/mol. The Morgan fingerprint density at radius 3 is 2.80 bits per heavy atom. The van der Waals surface area contributed by atoms with E-state index in [1.807, 2.05) is 38.1 Å². The third-order valence-corrected chi connectivity index (χ3v) is 4.76. The quantitative estimate of drug-likeness (QED) is 0.775. The van der Waals surface area contributed by atoms with Crippen LogP contribution in [0.2, 0.25) is 0 Å². The summed E-state index contributed by atoms with van der Waals surface area (Å²) >= 11 is 0. The highest BCUT2D eigenvalue weighted by Crippen LogP contribution is 2.28. The van der Waals surface area contributed by atoms with Gasteiger partial charge in [0.25, 0.3) is 0 Å². The largest absolute Gasteiger partial charge is 0.466 e. The number of carbonyl (C=O) groups is 1. The second kappa shape index (κ2) is 7.78. The second-order valence-corrected chi connectivity index (χ2v) is 6.55. The number of hydrogen-bond acceptors (Lipinski definition) is 6. The van der Waals surface area contributed by atoms with Gasteiger partial charge < -0.3 is 9.15 Å². The van der Waals surface area contributed by atoms with Crippen LogP contribution in [-0.4, -0.2) is 40.8 Å². The molecule has 0 amide bonds. The molecular weight excluding hydrogens is 318 g/mol. The van der Waals surface area contributed by atoms with E-state index in [2.05, 4.69) is 22.0 Å². The molecule has 1 aromatic carbocycles. The lowest BCUT2D eigenvalue weighted by molar-refractivity contribution is -0.149. The summed E-state index contributed by atoms with van der Waals surface area (Å²) in [5, 5.41) is 8.42. The van der Waals surface area contributed by atoms with Crippen LogP contribution in [0.15, 0.2) is 28.7 Å². The molecule has 1 aliphatic rings. The monoisotopic (exact) mass is 343 g/mol. The minimum absolute atomic E-state index is 0.00828. The first-order valence-corrected chi connectivity index (χ1v) is 8.89. The van der Waals surface area contributed by atoms with Gasteiger partial charge in [-0.2, -0.15) is 0 Å². The fourth-order valence-corrected chi connectivity index (χ4v) is 3.24. The van der Waals surface area contributed by atoms with Gasteiger partial charge in [-0.25, -0.2) is 0 Å². The van der Waals surface area contributed by atoms with Crippen LogP contribution in [0.25, 0.3) is 11.5 Å². The normalized spacial score (nSPS) is 17.4. The molecule has 2 aromatic rings. The number of aryl methyl sites for hydroxylation is 1. The number of nitrogens with zero attached hydrogens (tertiary/aromatic N) is 3. The molecule has 1 atom stereocenters. The van der Waals surface area contributed by atoms with Crippen LogP contribution in [0, 0.1) is 12.8 Å². The summed E-state index contributed by atoms with van der Waals surface area (Å²) in [5.41, 5.74) is 2.10.